The molecule has 0 radical (unpaired) electrons. The normalized spacial score (nSPS) is 17.0. The van der Waals surface area contributed by atoms with Crippen LogP contribution in [0.1, 0.15) is 26.7 Å². The molecule has 1 heterocycles. The van der Waals surface area contributed by atoms with Crippen LogP contribution in [0.5, 0.6) is 0 Å². The molecule has 0 bridgehead atoms. The number of hydrogen-bond donors (Lipinski definition) is 0. The molecule has 4 nitrogen and oxygen atoms in total. The molecule has 0 spiro atoms. The zero-order valence-electron chi connectivity index (χ0n) is 12.9. The summed E-state index contributed by atoms with van der Waals surface area (Å²) in [6.07, 6.45) is 1.28. The van der Waals surface area contributed by atoms with Crippen LogP contribution >= 0.6 is 0 Å². The third-order valence-electron chi connectivity index (χ3n) is 4.07. The largest absolute Gasteiger partial charge is 0.300 e. The minimum absolute atomic E-state index is 0.0253. The van der Waals surface area contributed by atoms with Crippen LogP contribution < -0.4 is 0 Å². The van der Waals surface area contributed by atoms with Gasteiger partial charge in [-0.25, -0.2) is 12.8 Å². The molecule has 0 amide bonds. The highest BCUT2D eigenvalue weighted by atomic mass is 32.2. The Bertz CT molecular complexity index is 674. The van der Waals surface area contributed by atoms with Gasteiger partial charge < -0.3 is 4.90 Å². The number of hydrogen-bond acceptors (Lipinski definition) is 4. The molecule has 6 heteroatoms. The van der Waals surface area contributed by atoms with E-state index in [1.54, 1.807) is 0 Å². The Kier molecular flexibility index (Phi) is 4.88. The first-order valence-electron chi connectivity index (χ1n) is 7.34. The van der Waals surface area contributed by atoms with E-state index in [1.165, 1.54) is 24.3 Å². The predicted molar refractivity (Wildman–Crippen MR) is 82.4 cm³/mol. The van der Waals surface area contributed by atoms with Crippen molar-refractivity contribution in [2.24, 2.45) is 5.41 Å². The second-order valence-electron chi connectivity index (χ2n) is 6.61. The molecule has 0 atom stereocenters. The highest BCUT2D eigenvalue weighted by Crippen LogP contribution is 2.30. The first kappa shape index (κ1) is 16.9. The van der Waals surface area contributed by atoms with E-state index in [2.05, 4.69) is 24.8 Å². The Balaban J connectivity index is 1.97. The van der Waals surface area contributed by atoms with Gasteiger partial charge in [0.05, 0.1) is 11.3 Å². The second kappa shape index (κ2) is 6.35. The zero-order valence-corrected chi connectivity index (χ0v) is 13.7. The molecule has 1 saturated heterocycles. The van der Waals surface area contributed by atoms with Gasteiger partial charge in [0.1, 0.15) is 10.7 Å². The Morgan fingerprint density at radius 2 is 2.00 bits per heavy atom. The van der Waals surface area contributed by atoms with Gasteiger partial charge >= 0.3 is 0 Å². The van der Waals surface area contributed by atoms with E-state index in [9.17, 15) is 12.8 Å². The molecular weight excluding hydrogens is 303 g/mol. The minimum atomic E-state index is -3.61. The lowest BCUT2D eigenvalue weighted by Gasteiger charge is -2.42. The number of nitrogens with zero attached hydrogens (tertiary/aromatic N) is 2. The Morgan fingerprint density at radius 3 is 2.59 bits per heavy atom. The van der Waals surface area contributed by atoms with E-state index in [0.29, 0.717) is 19.5 Å². The molecule has 0 unspecified atom stereocenters. The van der Waals surface area contributed by atoms with E-state index in [4.69, 9.17) is 5.26 Å². The van der Waals surface area contributed by atoms with E-state index in [-0.39, 0.29) is 10.3 Å². The van der Waals surface area contributed by atoms with Crippen LogP contribution in [0.15, 0.2) is 29.2 Å². The van der Waals surface area contributed by atoms with Crippen molar-refractivity contribution in [3.63, 3.8) is 0 Å². The highest BCUT2D eigenvalue weighted by molar-refractivity contribution is 7.92. The van der Waals surface area contributed by atoms with Gasteiger partial charge in [-0.15, -0.1) is 0 Å². The Morgan fingerprint density at radius 1 is 1.36 bits per heavy atom. The molecule has 22 heavy (non-hydrogen) atoms. The molecule has 0 saturated carbocycles. The van der Waals surface area contributed by atoms with Crippen LogP contribution in [0.25, 0.3) is 0 Å². The summed E-state index contributed by atoms with van der Waals surface area (Å²) in [5.41, 5.74) is -0.0253. The van der Waals surface area contributed by atoms with Crippen LogP contribution in [-0.2, 0) is 9.84 Å². The van der Waals surface area contributed by atoms with Crippen molar-refractivity contribution in [3.8, 4) is 6.07 Å². The third-order valence-corrected chi connectivity index (χ3v) is 6.19. The summed E-state index contributed by atoms with van der Waals surface area (Å²) in [6.45, 7) is 5.74. The lowest BCUT2D eigenvalue weighted by Crippen LogP contribution is -2.56. The predicted octanol–water partition coefficient (Wildman–Crippen LogP) is 2.61. The minimum Gasteiger partial charge on any atom is -0.300 e. The zero-order chi connectivity index (χ0) is 16.4. The van der Waals surface area contributed by atoms with E-state index < -0.39 is 20.9 Å². The van der Waals surface area contributed by atoms with Crippen molar-refractivity contribution in [3.05, 3.63) is 30.1 Å². The molecule has 1 aromatic rings. The topological polar surface area (TPSA) is 61.2 Å². The fourth-order valence-corrected chi connectivity index (χ4v) is 4.56. The van der Waals surface area contributed by atoms with Crippen molar-refractivity contribution < 1.29 is 12.8 Å². The molecule has 2 rings (SSSR count). The van der Waals surface area contributed by atoms with Crippen molar-refractivity contribution in [1.29, 1.82) is 5.26 Å². The fourth-order valence-electron chi connectivity index (χ4n) is 2.78. The number of likely N-dealkylation sites (tertiary alicyclic amines) is 1. The summed E-state index contributed by atoms with van der Waals surface area (Å²) < 4.78 is 38.5. The van der Waals surface area contributed by atoms with Gasteiger partial charge in [0, 0.05) is 26.1 Å². The van der Waals surface area contributed by atoms with Gasteiger partial charge in [0.15, 0.2) is 9.84 Å². The maximum absolute atomic E-state index is 13.7. The van der Waals surface area contributed by atoms with E-state index >= 15 is 0 Å². The summed E-state index contributed by atoms with van der Waals surface area (Å²) >= 11 is 0. The van der Waals surface area contributed by atoms with E-state index in [1.807, 2.05) is 0 Å². The quantitative estimate of drug-likeness (QED) is 0.807. The lowest BCUT2D eigenvalue weighted by molar-refractivity contribution is 0.114. The van der Waals surface area contributed by atoms with Crippen LogP contribution in [0.2, 0.25) is 0 Å². The summed E-state index contributed by atoms with van der Waals surface area (Å²) in [5.74, 6) is -0.685. The molecule has 120 valence electrons. The molecule has 1 aliphatic heterocycles. The lowest BCUT2D eigenvalue weighted by atomic mass is 9.86. The van der Waals surface area contributed by atoms with Crippen LogP contribution in [-0.4, -0.2) is 38.2 Å². The van der Waals surface area contributed by atoms with Crippen molar-refractivity contribution in [2.45, 2.75) is 36.8 Å². The van der Waals surface area contributed by atoms with Gasteiger partial charge in [0.25, 0.3) is 0 Å². The van der Waals surface area contributed by atoms with Crippen molar-refractivity contribution in [2.75, 3.05) is 19.6 Å². The molecule has 0 N–H and O–H groups in total. The van der Waals surface area contributed by atoms with Crippen LogP contribution in [0, 0.1) is 22.6 Å². The number of benzene rings is 1. The Hall–Kier alpha value is -1.45. The average molecular weight is 324 g/mol. The number of rotatable bonds is 6. The molecule has 0 aromatic heterocycles. The second-order valence-corrected chi connectivity index (χ2v) is 8.81. The van der Waals surface area contributed by atoms with Gasteiger partial charge in [-0.2, -0.15) is 5.26 Å². The van der Waals surface area contributed by atoms with Crippen molar-refractivity contribution >= 4 is 9.84 Å². The number of sulfone groups is 1. The van der Waals surface area contributed by atoms with Gasteiger partial charge in [-0.05, 0) is 24.0 Å². The maximum atomic E-state index is 13.7. The fraction of sp³-hybridized carbons (Fsp3) is 0.562. The van der Waals surface area contributed by atoms with Crippen LogP contribution in [0.3, 0.4) is 0 Å². The SMILES string of the molecule is CC(C)(CCC#N)CN1CC(S(=O)(=O)c2ccccc2F)C1. The molecule has 1 fully saturated rings. The van der Waals surface area contributed by atoms with Gasteiger partial charge in [-0.3, -0.25) is 0 Å². The Labute approximate surface area is 131 Å². The first-order valence-corrected chi connectivity index (χ1v) is 8.89. The smallest absolute Gasteiger partial charge is 0.186 e. The van der Waals surface area contributed by atoms with Gasteiger partial charge in [-0.1, -0.05) is 26.0 Å². The number of nitriles is 1. The van der Waals surface area contributed by atoms with E-state index in [0.717, 1.165) is 13.0 Å². The summed E-state index contributed by atoms with van der Waals surface area (Å²) in [7, 11) is -3.61. The molecule has 0 aliphatic carbocycles. The van der Waals surface area contributed by atoms with Gasteiger partial charge in [0.2, 0.25) is 0 Å². The summed E-state index contributed by atoms with van der Waals surface area (Å²) in [6, 6.07) is 7.66. The number of halogens is 1. The third kappa shape index (κ3) is 3.65. The standard InChI is InChI=1S/C16H21FN2O2S/c1-16(2,8-5-9-18)12-19-10-13(11-19)22(20,21)15-7-4-3-6-14(15)17/h3-4,6-7,13H,5,8,10-12H2,1-2H3. The first-order chi connectivity index (χ1) is 10.3. The molecule has 1 aliphatic rings. The summed E-state index contributed by atoms with van der Waals surface area (Å²) in [5, 5.41) is 8.11. The molecule has 1 aromatic carbocycles. The monoisotopic (exact) mass is 324 g/mol. The maximum Gasteiger partial charge on any atom is 0.186 e. The van der Waals surface area contributed by atoms with Crippen LogP contribution in [0.4, 0.5) is 4.39 Å². The average Bonchev–Trinajstić information content (AvgIpc) is 2.40. The highest BCUT2D eigenvalue weighted by Gasteiger charge is 2.40. The van der Waals surface area contributed by atoms with Crippen molar-refractivity contribution in [1.82, 2.24) is 4.90 Å². The summed E-state index contributed by atoms with van der Waals surface area (Å²) in [4.78, 5) is 1.85. The molecular formula is C16H21FN2O2S.